The predicted molar refractivity (Wildman–Crippen MR) is 96.3 cm³/mol. The maximum absolute atomic E-state index is 12.7. The first-order valence-electron chi connectivity index (χ1n) is 8.22. The minimum Gasteiger partial charge on any atom is -0.497 e. The van der Waals surface area contributed by atoms with Crippen molar-refractivity contribution >= 4 is 12.0 Å². The average molecular weight is 352 g/mol. The molecule has 2 aromatic rings. The summed E-state index contributed by atoms with van der Waals surface area (Å²) in [6.07, 6.45) is 0. The lowest BCUT2D eigenvalue weighted by Crippen LogP contribution is -2.45. The van der Waals surface area contributed by atoms with Crippen molar-refractivity contribution in [2.45, 2.75) is 19.6 Å². The van der Waals surface area contributed by atoms with E-state index in [1.165, 1.54) is 0 Å². The summed E-state index contributed by atoms with van der Waals surface area (Å²) in [6, 6.07) is 15.7. The summed E-state index contributed by atoms with van der Waals surface area (Å²) < 4.78 is 10.7. The molecule has 2 amide bonds. The molecule has 134 valence electrons. The highest BCUT2D eigenvalue weighted by Gasteiger charge is 2.32. The van der Waals surface area contributed by atoms with Gasteiger partial charge in [-0.15, -0.1) is 0 Å². The standard InChI is InChI=1S/C20H20N2O4/c1-13-17(19(23)26-12-14-7-4-3-5-8-14)18(22-20(24)21-13)15-9-6-10-16(11-15)25-2/h3-11,18H,12H2,1-2H3,(H2,21,22,24)/t18-/m1/s1. The number of esters is 1. The second-order valence-electron chi connectivity index (χ2n) is 5.91. The van der Waals surface area contributed by atoms with Gasteiger partial charge in [0.05, 0.1) is 18.7 Å². The topological polar surface area (TPSA) is 76.7 Å². The molecule has 2 aromatic carbocycles. The van der Waals surface area contributed by atoms with Crippen LogP contribution in [-0.4, -0.2) is 19.1 Å². The van der Waals surface area contributed by atoms with Crippen LogP contribution in [0.15, 0.2) is 65.9 Å². The molecule has 1 atom stereocenters. The van der Waals surface area contributed by atoms with Crippen molar-refractivity contribution in [3.05, 3.63) is 77.0 Å². The number of carbonyl (C=O) groups excluding carboxylic acids is 2. The number of amides is 2. The number of nitrogens with one attached hydrogen (secondary N) is 2. The van der Waals surface area contributed by atoms with Crippen LogP contribution in [0.3, 0.4) is 0 Å². The van der Waals surface area contributed by atoms with Gasteiger partial charge < -0.3 is 20.1 Å². The van der Waals surface area contributed by atoms with Crippen LogP contribution in [-0.2, 0) is 16.1 Å². The Balaban J connectivity index is 1.86. The van der Waals surface area contributed by atoms with Crippen LogP contribution in [0.2, 0.25) is 0 Å². The highest BCUT2D eigenvalue weighted by molar-refractivity contribution is 5.95. The molecule has 0 bridgehead atoms. The zero-order valence-corrected chi connectivity index (χ0v) is 14.6. The Labute approximate surface area is 151 Å². The molecule has 0 fully saturated rings. The van der Waals surface area contributed by atoms with Crippen LogP contribution < -0.4 is 15.4 Å². The fraction of sp³-hybridized carbons (Fsp3) is 0.200. The Morgan fingerprint density at radius 3 is 2.62 bits per heavy atom. The van der Waals surface area contributed by atoms with Gasteiger partial charge >= 0.3 is 12.0 Å². The summed E-state index contributed by atoms with van der Waals surface area (Å²) >= 11 is 0. The van der Waals surface area contributed by atoms with Crippen LogP contribution >= 0.6 is 0 Å². The largest absolute Gasteiger partial charge is 0.497 e. The number of hydrogen-bond donors (Lipinski definition) is 2. The summed E-state index contributed by atoms with van der Waals surface area (Å²) in [6.45, 7) is 1.85. The molecule has 6 nitrogen and oxygen atoms in total. The van der Waals surface area contributed by atoms with E-state index >= 15 is 0 Å². The first kappa shape index (κ1) is 17.5. The molecule has 1 heterocycles. The van der Waals surface area contributed by atoms with Crippen molar-refractivity contribution in [1.82, 2.24) is 10.6 Å². The molecule has 0 aromatic heterocycles. The highest BCUT2D eigenvalue weighted by Crippen LogP contribution is 2.29. The third-order valence-electron chi connectivity index (χ3n) is 4.13. The minimum atomic E-state index is -0.609. The van der Waals surface area contributed by atoms with E-state index < -0.39 is 12.0 Å². The molecule has 0 unspecified atom stereocenters. The van der Waals surface area contributed by atoms with Gasteiger partial charge in [-0.25, -0.2) is 9.59 Å². The van der Waals surface area contributed by atoms with E-state index in [4.69, 9.17) is 9.47 Å². The van der Waals surface area contributed by atoms with E-state index in [-0.39, 0.29) is 12.6 Å². The maximum atomic E-state index is 12.7. The number of urea groups is 1. The van der Waals surface area contributed by atoms with Crippen molar-refractivity contribution < 1.29 is 19.1 Å². The number of ether oxygens (including phenoxy) is 2. The molecular formula is C20H20N2O4. The molecule has 0 saturated heterocycles. The Hall–Kier alpha value is -3.28. The van der Waals surface area contributed by atoms with Gasteiger partial charge in [0.25, 0.3) is 0 Å². The average Bonchev–Trinajstić information content (AvgIpc) is 2.66. The van der Waals surface area contributed by atoms with Gasteiger partial charge in [-0.1, -0.05) is 42.5 Å². The van der Waals surface area contributed by atoms with E-state index in [0.29, 0.717) is 17.0 Å². The number of rotatable bonds is 5. The van der Waals surface area contributed by atoms with Crippen LogP contribution in [0.25, 0.3) is 0 Å². The van der Waals surface area contributed by atoms with E-state index in [9.17, 15) is 9.59 Å². The molecule has 0 saturated carbocycles. The fourth-order valence-electron chi connectivity index (χ4n) is 2.84. The molecule has 0 aliphatic carbocycles. The van der Waals surface area contributed by atoms with Crippen LogP contribution in [0, 0.1) is 0 Å². The molecule has 26 heavy (non-hydrogen) atoms. The van der Waals surface area contributed by atoms with Gasteiger partial charge in [-0.3, -0.25) is 0 Å². The van der Waals surface area contributed by atoms with Crippen LogP contribution in [0.1, 0.15) is 24.1 Å². The minimum absolute atomic E-state index is 0.162. The zero-order chi connectivity index (χ0) is 18.5. The van der Waals surface area contributed by atoms with E-state index in [2.05, 4.69) is 10.6 Å². The lowest BCUT2D eigenvalue weighted by atomic mass is 9.95. The monoisotopic (exact) mass is 352 g/mol. The van der Waals surface area contributed by atoms with Gasteiger partial charge in [0.2, 0.25) is 0 Å². The number of hydrogen-bond acceptors (Lipinski definition) is 4. The zero-order valence-electron chi connectivity index (χ0n) is 14.6. The maximum Gasteiger partial charge on any atom is 0.338 e. The molecule has 0 spiro atoms. The quantitative estimate of drug-likeness (QED) is 0.811. The molecule has 6 heteroatoms. The fourth-order valence-corrected chi connectivity index (χ4v) is 2.84. The second kappa shape index (κ2) is 7.74. The molecule has 2 N–H and O–H groups in total. The highest BCUT2D eigenvalue weighted by atomic mass is 16.5. The number of methoxy groups -OCH3 is 1. The Morgan fingerprint density at radius 1 is 1.12 bits per heavy atom. The van der Waals surface area contributed by atoms with Gasteiger partial charge in [0.1, 0.15) is 12.4 Å². The van der Waals surface area contributed by atoms with Crippen molar-refractivity contribution in [3.63, 3.8) is 0 Å². The van der Waals surface area contributed by atoms with E-state index in [1.807, 2.05) is 42.5 Å². The molecule has 1 aliphatic heterocycles. The smallest absolute Gasteiger partial charge is 0.338 e. The SMILES string of the molecule is COc1cccc([C@H]2NC(=O)NC(C)=C2C(=O)OCc2ccccc2)c1. The Bertz CT molecular complexity index is 846. The van der Waals surface area contributed by atoms with Gasteiger partial charge in [0.15, 0.2) is 0 Å². The summed E-state index contributed by atoms with van der Waals surface area (Å²) in [4.78, 5) is 24.6. The van der Waals surface area contributed by atoms with Gasteiger partial charge in [-0.05, 0) is 30.2 Å². The predicted octanol–water partition coefficient (Wildman–Crippen LogP) is 3.07. The number of allylic oxidation sites excluding steroid dienone is 1. The first-order chi connectivity index (χ1) is 12.6. The van der Waals surface area contributed by atoms with E-state index in [0.717, 1.165) is 11.1 Å². The van der Waals surface area contributed by atoms with Crippen molar-refractivity contribution in [3.8, 4) is 5.75 Å². The third-order valence-corrected chi connectivity index (χ3v) is 4.13. The van der Waals surface area contributed by atoms with Crippen LogP contribution in [0.4, 0.5) is 4.79 Å². The normalized spacial score (nSPS) is 16.5. The second-order valence-corrected chi connectivity index (χ2v) is 5.91. The number of benzene rings is 2. The molecule has 1 aliphatic rings. The van der Waals surface area contributed by atoms with E-state index in [1.54, 1.807) is 26.2 Å². The van der Waals surface area contributed by atoms with Crippen molar-refractivity contribution in [1.29, 1.82) is 0 Å². The lowest BCUT2D eigenvalue weighted by Gasteiger charge is -2.28. The Morgan fingerprint density at radius 2 is 1.88 bits per heavy atom. The summed E-state index contributed by atoms with van der Waals surface area (Å²) in [5, 5.41) is 5.41. The lowest BCUT2D eigenvalue weighted by molar-refractivity contribution is -0.140. The third kappa shape index (κ3) is 3.85. The summed E-state index contributed by atoms with van der Waals surface area (Å²) in [5.41, 5.74) is 2.48. The van der Waals surface area contributed by atoms with Gasteiger partial charge in [-0.2, -0.15) is 0 Å². The molecule has 0 radical (unpaired) electrons. The summed E-state index contributed by atoms with van der Waals surface area (Å²) in [7, 11) is 1.57. The molecular weight excluding hydrogens is 332 g/mol. The van der Waals surface area contributed by atoms with Crippen molar-refractivity contribution in [2.24, 2.45) is 0 Å². The number of carbonyl (C=O) groups is 2. The first-order valence-corrected chi connectivity index (χ1v) is 8.22. The summed E-state index contributed by atoms with van der Waals surface area (Å²) in [5.74, 6) is 0.164. The molecule has 3 rings (SSSR count). The van der Waals surface area contributed by atoms with Crippen LogP contribution in [0.5, 0.6) is 5.75 Å². The van der Waals surface area contributed by atoms with Crippen molar-refractivity contribution in [2.75, 3.05) is 7.11 Å². The Kier molecular flexibility index (Phi) is 5.22. The van der Waals surface area contributed by atoms with Gasteiger partial charge in [0, 0.05) is 5.70 Å².